The van der Waals surface area contributed by atoms with Crippen LogP contribution in [0.2, 0.25) is 0 Å². The predicted molar refractivity (Wildman–Crippen MR) is 111 cm³/mol. The molecule has 1 aliphatic heterocycles. The molecule has 7 nitrogen and oxygen atoms in total. The number of benzene rings is 2. The Kier molecular flexibility index (Phi) is 5.97. The lowest BCUT2D eigenvalue weighted by atomic mass is 10.1. The van der Waals surface area contributed by atoms with Crippen LogP contribution in [0.4, 0.5) is 16.2 Å². The van der Waals surface area contributed by atoms with Crippen molar-refractivity contribution in [1.82, 2.24) is 4.90 Å². The second-order valence-electron chi connectivity index (χ2n) is 7.13. The van der Waals surface area contributed by atoms with E-state index in [4.69, 9.17) is 4.74 Å². The van der Waals surface area contributed by atoms with Crippen molar-refractivity contribution in [2.24, 2.45) is 5.92 Å². The van der Waals surface area contributed by atoms with Crippen LogP contribution in [0.5, 0.6) is 0 Å². The Hall–Kier alpha value is -3.61. The maximum absolute atomic E-state index is 12.5. The molecule has 2 N–H and O–H groups in total. The Morgan fingerprint density at radius 2 is 1.69 bits per heavy atom. The fraction of sp³-hybridized carbons (Fsp3) is 0.227. The van der Waals surface area contributed by atoms with Gasteiger partial charge in [-0.15, -0.1) is 0 Å². The molecule has 0 radical (unpaired) electrons. The molecule has 0 saturated heterocycles. The summed E-state index contributed by atoms with van der Waals surface area (Å²) >= 11 is 0. The van der Waals surface area contributed by atoms with Crippen LogP contribution in [-0.4, -0.2) is 36.0 Å². The van der Waals surface area contributed by atoms with E-state index in [1.54, 1.807) is 42.5 Å². The maximum atomic E-state index is 12.5. The highest BCUT2D eigenvalue weighted by Gasteiger charge is 2.31. The highest BCUT2D eigenvalue weighted by molar-refractivity contribution is 6.11. The maximum Gasteiger partial charge on any atom is 0.411 e. The van der Waals surface area contributed by atoms with E-state index >= 15 is 0 Å². The second-order valence-corrected chi connectivity index (χ2v) is 7.13. The number of ether oxygens (including phenoxy) is 1. The number of carbonyl (C=O) groups is 3. The molecule has 1 heterocycles. The average Bonchev–Trinajstić information content (AvgIpc) is 2.92. The molecular formula is C22H23N3O4. The number of hydrogen-bond acceptors (Lipinski definition) is 4. The zero-order valence-corrected chi connectivity index (χ0v) is 16.4. The van der Waals surface area contributed by atoms with Crippen molar-refractivity contribution < 1.29 is 19.1 Å². The number of amides is 3. The molecule has 29 heavy (non-hydrogen) atoms. The van der Waals surface area contributed by atoms with Crippen molar-refractivity contribution in [3.8, 4) is 0 Å². The first-order chi connectivity index (χ1) is 13.8. The van der Waals surface area contributed by atoms with Crippen molar-refractivity contribution >= 4 is 35.0 Å². The summed E-state index contributed by atoms with van der Waals surface area (Å²) in [6.45, 7) is 7.99. The third-order valence-corrected chi connectivity index (χ3v) is 4.28. The van der Waals surface area contributed by atoms with Gasteiger partial charge in [-0.05, 0) is 30.2 Å². The first-order valence-electron chi connectivity index (χ1n) is 9.29. The molecule has 0 bridgehead atoms. The van der Waals surface area contributed by atoms with Crippen molar-refractivity contribution in [2.45, 2.75) is 13.8 Å². The van der Waals surface area contributed by atoms with Gasteiger partial charge in [0.2, 0.25) is 5.91 Å². The summed E-state index contributed by atoms with van der Waals surface area (Å²) in [5.74, 6) is -0.378. The summed E-state index contributed by atoms with van der Waals surface area (Å²) in [4.78, 5) is 38.1. The van der Waals surface area contributed by atoms with Gasteiger partial charge in [0, 0.05) is 28.2 Å². The number of rotatable bonds is 6. The second kappa shape index (κ2) is 8.60. The van der Waals surface area contributed by atoms with Gasteiger partial charge in [0.1, 0.15) is 6.54 Å². The van der Waals surface area contributed by atoms with E-state index in [-0.39, 0.29) is 24.3 Å². The predicted octanol–water partition coefficient (Wildman–Crippen LogP) is 3.96. The van der Waals surface area contributed by atoms with Crippen LogP contribution < -0.4 is 10.6 Å². The molecule has 150 valence electrons. The number of anilines is 2. The lowest BCUT2D eigenvalue weighted by Gasteiger charge is -2.17. The van der Waals surface area contributed by atoms with Gasteiger partial charge < -0.3 is 10.1 Å². The van der Waals surface area contributed by atoms with Gasteiger partial charge in [0.25, 0.3) is 5.91 Å². The molecule has 0 spiro atoms. The quantitative estimate of drug-likeness (QED) is 0.778. The minimum absolute atomic E-state index is 0.152. The van der Waals surface area contributed by atoms with E-state index in [2.05, 4.69) is 17.2 Å². The molecule has 0 atom stereocenters. The summed E-state index contributed by atoms with van der Waals surface area (Å²) in [7, 11) is 0. The number of nitrogens with one attached hydrogen (secondary N) is 2. The van der Waals surface area contributed by atoms with E-state index in [0.717, 1.165) is 5.56 Å². The van der Waals surface area contributed by atoms with Gasteiger partial charge >= 0.3 is 6.09 Å². The van der Waals surface area contributed by atoms with Gasteiger partial charge in [0.15, 0.2) is 0 Å². The summed E-state index contributed by atoms with van der Waals surface area (Å²) in [6, 6.07) is 13.8. The standard InChI is InChI=1S/C22H23N3O4/c1-14(2)13-29-22(28)24-17-8-6-7-16(11-17)23-20(26)12-25-15(3)18-9-4-5-10-19(18)21(25)27/h4-11,14H,3,12-13H2,1-2H3,(H,23,26)(H,24,28). The first kappa shape index (κ1) is 20.1. The molecule has 0 unspecified atom stereocenters. The lowest BCUT2D eigenvalue weighted by Crippen LogP contribution is -2.32. The molecule has 0 fully saturated rings. The summed E-state index contributed by atoms with van der Waals surface area (Å²) in [5.41, 5.74) is 2.76. The number of hydrogen-bond donors (Lipinski definition) is 2. The van der Waals surface area contributed by atoms with Gasteiger partial charge in [0.05, 0.1) is 6.61 Å². The fourth-order valence-electron chi connectivity index (χ4n) is 2.92. The molecule has 2 aromatic carbocycles. The minimum Gasteiger partial charge on any atom is -0.449 e. The molecule has 0 saturated carbocycles. The smallest absolute Gasteiger partial charge is 0.411 e. The van der Waals surface area contributed by atoms with Crippen LogP contribution in [0.25, 0.3) is 5.70 Å². The normalized spacial score (nSPS) is 12.7. The lowest BCUT2D eigenvalue weighted by molar-refractivity contribution is -0.116. The molecular weight excluding hydrogens is 370 g/mol. The van der Waals surface area contributed by atoms with Crippen molar-refractivity contribution in [1.29, 1.82) is 0 Å². The Labute approximate surface area is 169 Å². The van der Waals surface area contributed by atoms with Crippen LogP contribution in [0.15, 0.2) is 55.1 Å². The summed E-state index contributed by atoms with van der Waals surface area (Å²) in [6.07, 6.45) is -0.557. The van der Waals surface area contributed by atoms with Crippen molar-refractivity contribution in [2.75, 3.05) is 23.8 Å². The zero-order chi connectivity index (χ0) is 21.0. The van der Waals surface area contributed by atoms with E-state index in [0.29, 0.717) is 29.2 Å². The van der Waals surface area contributed by atoms with Crippen LogP contribution in [0.1, 0.15) is 29.8 Å². The van der Waals surface area contributed by atoms with E-state index in [9.17, 15) is 14.4 Å². The highest BCUT2D eigenvalue weighted by Crippen LogP contribution is 2.30. The molecule has 7 heteroatoms. The summed E-state index contributed by atoms with van der Waals surface area (Å²) < 4.78 is 5.08. The van der Waals surface area contributed by atoms with Crippen LogP contribution in [0, 0.1) is 5.92 Å². The topological polar surface area (TPSA) is 87.7 Å². The Morgan fingerprint density at radius 1 is 1.03 bits per heavy atom. The Bertz CT molecular complexity index is 933. The van der Waals surface area contributed by atoms with Crippen LogP contribution >= 0.6 is 0 Å². The van der Waals surface area contributed by atoms with Crippen molar-refractivity contribution in [3.05, 3.63) is 66.2 Å². The number of nitrogens with zero attached hydrogens (tertiary/aromatic N) is 1. The largest absolute Gasteiger partial charge is 0.449 e. The van der Waals surface area contributed by atoms with Gasteiger partial charge in [-0.25, -0.2) is 4.79 Å². The SMILES string of the molecule is C=C1c2ccccc2C(=O)N1CC(=O)Nc1cccc(NC(=O)OCC(C)C)c1. The zero-order valence-electron chi connectivity index (χ0n) is 16.4. The third-order valence-electron chi connectivity index (χ3n) is 4.28. The van der Waals surface area contributed by atoms with Gasteiger partial charge in [-0.2, -0.15) is 0 Å². The third kappa shape index (κ3) is 4.82. The Balaban J connectivity index is 1.60. The first-order valence-corrected chi connectivity index (χ1v) is 9.29. The van der Waals surface area contributed by atoms with E-state index in [1.807, 2.05) is 19.9 Å². The molecule has 0 aliphatic carbocycles. The molecule has 3 rings (SSSR count). The van der Waals surface area contributed by atoms with Crippen LogP contribution in [0.3, 0.4) is 0 Å². The average molecular weight is 393 g/mol. The minimum atomic E-state index is -0.557. The molecule has 2 aromatic rings. The molecule has 3 amide bonds. The highest BCUT2D eigenvalue weighted by atomic mass is 16.5. The van der Waals surface area contributed by atoms with Crippen molar-refractivity contribution in [3.63, 3.8) is 0 Å². The fourth-order valence-corrected chi connectivity index (χ4v) is 2.92. The molecule has 1 aliphatic rings. The van der Waals surface area contributed by atoms with Crippen LogP contribution in [-0.2, 0) is 9.53 Å². The number of fused-ring (bicyclic) bond motifs is 1. The number of carbonyl (C=O) groups excluding carboxylic acids is 3. The van der Waals surface area contributed by atoms with Gasteiger partial charge in [-0.1, -0.05) is 44.7 Å². The molecule has 0 aromatic heterocycles. The Morgan fingerprint density at radius 3 is 2.34 bits per heavy atom. The monoisotopic (exact) mass is 393 g/mol. The van der Waals surface area contributed by atoms with Gasteiger partial charge in [-0.3, -0.25) is 19.8 Å². The van der Waals surface area contributed by atoms with E-state index < -0.39 is 6.09 Å². The summed E-state index contributed by atoms with van der Waals surface area (Å²) in [5, 5.41) is 5.35. The van der Waals surface area contributed by atoms with E-state index in [1.165, 1.54) is 4.90 Å².